The van der Waals surface area contributed by atoms with E-state index in [-0.39, 0.29) is 0 Å². The number of unbranched alkanes of at least 4 members (excludes halogenated alkanes) is 1. The van der Waals surface area contributed by atoms with E-state index in [4.69, 9.17) is 0 Å². The van der Waals surface area contributed by atoms with Crippen molar-refractivity contribution in [3.8, 4) is 0 Å². The Hall–Kier alpha value is -2.68. The molecule has 0 aliphatic carbocycles. The van der Waals surface area contributed by atoms with Crippen LogP contribution < -0.4 is 4.90 Å². The van der Waals surface area contributed by atoms with Gasteiger partial charge in [0.25, 0.3) is 0 Å². The molecule has 0 unspecified atom stereocenters. The number of rotatable bonds is 9. The number of hydrogen-bond donors (Lipinski definition) is 0. The first kappa shape index (κ1) is 18.1. The molecule has 2 aromatic heterocycles. The standard InChI is InChI=1S/C23H27N3/c1-2-3-8-20-12-14-21(15-13-20)9-7-18-26(22-10-6-16-24-19-22)23-11-4-5-17-25-23/h4-6,10-17,19H,2-3,7-9,18H2,1H3. The van der Waals surface area contributed by atoms with Crippen LogP contribution in [0.3, 0.4) is 0 Å². The third kappa shape index (κ3) is 5.16. The molecule has 3 nitrogen and oxygen atoms in total. The topological polar surface area (TPSA) is 29.0 Å². The highest BCUT2D eigenvalue weighted by Gasteiger charge is 2.10. The molecular formula is C23H27N3. The van der Waals surface area contributed by atoms with Gasteiger partial charge in [0.05, 0.1) is 11.9 Å². The molecule has 0 amide bonds. The van der Waals surface area contributed by atoms with E-state index in [1.807, 2.05) is 30.6 Å². The molecule has 26 heavy (non-hydrogen) atoms. The summed E-state index contributed by atoms with van der Waals surface area (Å²) >= 11 is 0. The lowest BCUT2D eigenvalue weighted by Crippen LogP contribution is -2.20. The van der Waals surface area contributed by atoms with E-state index in [0.717, 1.165) is 30.9 Å². The third-order valence-electron chi connectivity index (χ3n) is 4.57. The first-order valence-corrected chi connectivity index (χ1v) is 9.53. The predicted octanol–water partition coefficient (Wildman–Crippen LogP) is 5.59. The molecule has 134 valence electrons. The minimum atomic E-state index is 0.917. The molecule has 3 aromatic rings. The molecule has 0 N–H and O–H groups in total. The summed E-state index contributed by atoms with van der Waals surface area (Å²) in [5.74, 6) is 0.968. The molecule has 2 heterocycles. The Kier molecular flexibility index (Phi) is 6.77. The van der Waals surface area contributed by atoms with Gasteiger partial charge in [-0.3, -0.25) is 4.98 Å². The van der Waals surface area contributed by atoms with E-state index < -0.39 is 0 Å². The number of aryl methyl sites for hydroxylation is 2. The van der Waals surface area contributed by atoms with Crippen LogP contribution in [-0.4, -0.2) is 16.5 Å². The van der Waals surface area contributed by atoms with Gasteiger partial charge < -0.3 is 4.90 Å². The molecule has 3 rings (SSSR count). The summed E-state index contributed by atoms with van der Waals surface area (Å²) < 4.78 is 0. The van der Waals surface area contributed by atoms with Crippen LogP contribution in [0.2, 0.25) is 0 Å². The summed E-state index contributed by atoms with van der Waals surface area (Å²) in [4.78, 5) is 11.0. The highest BCUT2D eigenvalue weighted by molar-refractivity contribution is 5.58. The lowest BCUT2D eigenvalue weighted by atomic mass is 10.0. The van der Waals surface area contributed by atoms with Crippen molar-refractivity contribution in [2.45, 2.75) is 39.0 Å². The summed E-state index contributed by atoms with van der Waals surface area (Å²) in [7, 11) is 0. The zero-order chi connectivity index (χ0) is 18.0. The minimum Gasteiger partial charge on any atom is -0.325 e. The quantitative estimate of drug-likeness (QED) is 0.506. The van der Waals surface area contributed by atoms with Gasteiger partial charge in [0.1, 0.15) is 5.82 Å². The molecule has 0 saturated heterocycles. The second-order valence-electron chi connectivity index (χ2n) is 6.57. The summed E-state index contributed by atoms with van der Waals surface area (Å²) in [6, 6.07) is 19.2. The number of nitrogens with zero attached hydrogens (tertiary/aromatic N) is 3. The molecule has 0 bridgehead atoms. The average Bonchev–Trinajstić information content (AvgIpc) is 2.72. The number of benzene rings is 1. The van der Waals surface area contributed by atoms with Gasteiger partial charge in [0, 0.05) is 18.9 Å². The fourth-order valence-corrected chi connectivity index (χ4v) is 3.10. The zero-order valence-electron chi connectivity index (χ0n) is 15.5. The average molecular weight is 345 g/mol. The Morgan fingerprint density at radius 3 is 2.19 bits per heavy atom. The van der Waals surface area contributed by atoms with Crippen LogP contribution in [0.1, 0.15) is 37.3 Å². The van der Waals surface area contributed by atoms with Crippen molar-refractivity contribution in [3.63, 3.8) is 0 Å². The maximum Gasteiger partial charge on any atom is 0.132 e. The second-order valence-corrected chi connectivity index (χ2v) is 6.57. The fraction of sp³-hybridized carbons (Fsp3) is 0.304. The van der Waals surface area contributed by atoms with Crippen molar-refractivity contribution in [2.24, 2.45) is 0 Å². The smallest absolute Gasteiger partial charge is 0.132 e. The zero-order valence-corrected chi connectivity index (χ0v) is 15.5. The Morgan fingerprint density at radius 1 is 0.808 bits per heavy atom. The van der Waals surface area contributed by atoms with E-state index in [0.29, 0.717) is 0 Å². The number of anilines is 2. The highest BCUT2D eigenvalue weighted by atomic mass is 15.2. The summed E-state index contributed by atoms with van der Waals surface area (Å²) in [6.45, 7) is 3.16. The van der Waals surface area contributed by atoms with Crippen LogP contribution in [0.5, 0.6) is 0 Å². The largest absolute Gasteiger partial charge is 0.325 e. The van der Waals surface area contributed by atoms with Gasteiger partial charge in [-0.25, -0.2) is 4.98 Å². The third-order valence-corrected chi connectivity index (χ3v) is 4.57. The summed E-state index contributed by atoms with van der Waals surface area (Å²) in [6.07, 6.45) is 11.4. The Labute approximate surface area is 156 Å². The van der Waals surface area contributed by atoms with Gasteiger partial charge in [-0.15, -0.1) is 0 Å². The Balaban J connectivity index is 1.61. The molecule has 0 spiro atoms. The molecule has 3 heteroatoms. The summed E-state index contributed by atoms with van der Waals surface area (Å²) in [5, 5.41) is 0. The lowest BCUT2D eigenvalue weighted by Gasteiger charge is -2.23. The predicted molar refractivity (Wildman–Crippen MR) is 109 cm³/mol. The van der Waals surface area contributed by atoms with Crippen LogP contribution in [0.4, 0.5) is 11.5 Å². The molecule has 0 saturated carbocycles. The normalized spacial score (nSPS) is 10.7. The van der Waals surface area contributed by atoms with Crippen LogP contribution in [-0.2, 0) is 12.8 Å². The van der Waals surface area contributed by atoms with Gasteiger partial charge in [0.15, 0.2) is 0 Å². The number of hydrogen-bond acceptors (Lipinski definition) is 3. The molecule has 0 atom stereocenters. The van der Waals surface area contributed by atoms with E-state index in [9.17, 15) is 0 Å². The number of pyridine rings is 2. The van der Waals surface area contributed by atoms with Crippen LogP contribution in [0.15, 0.2) is 73.2 Å². The molecule has 0 aliphatic heterocycles. The van der Waals surface area contributed by atoms with E-state index in [1.54, 1.807) is 6.20 Å². The summed E-state index contributed by atoms with van der Waals surface area (Å²) in [5.41, 5.74) is 3.93. The van der Waals surface area contributed by atoms with E-state index in [1.165, 1.54) is 30.4 Å². The first-order valence-electron chi connectivity index (χ1n) is 9.53. The van der Waals surface area contributed by atoms with Gasteiger partial charge in [-0.05, 0) is 61.1 Å². The lowest BCUT2D eigenvalue weighted by molar-refractivity contribution is 0.788. The number of aromatic nitrogens is 2. The van der Waals surface area contributed by atoms with Gasteiger partial charge in [-0.1, -0.05) is 43.7 Å². The molecule has 0 radical (unpaired) electrons. The van der Waals surface area contributed by atoms with E-state index >= 15 is 0 Å². The molecule has 1 aromatic carbocycles. The van der Waals surface area contributed by atoms with Crippen molar-refractivity contribution >= 4 is 11.5 Å². The SMILES string of the molecule is CCCCc1ccc(CCCN(c2cccnc2)c2ccccn2)cc1. The Morgan fingerprint density at radius 2 is 1.58 bits per heavy atom. The van der Waals surface area contributed by atoms with Gasteiger partial charge in [0.2, 0.25) is 0 Å². The van der Waals surface area contributed by atoms with Gasteiger partial charge >= 0.3 is 0 Å². The van der Waals surface area contributed by atoms with Crippen molar-refractivity contribution in [1.82, 2.24) is 9.97 Å². The monoisotopic (exact) mass is 345 g/mol. The van der Waals surface area contributed by atoms with Crippen LogP contribution >= 0.6 is 0 Å². The maximum atomic E-state index is 4.52. The maximum absolute atomic E-state index is 4.52. The van der Waals surface area contributed by atoms with Crippen LogP contribution in [0, 0.1) is 0 Å². The minimum absolute atomic E-state index is 0.917. The highest BCUT2D eigenvalue weighted by Crippen LogP contribution is 2.22. The molecular weight excluding hydrogens is 318 g/mol. The van der Waals surface area contributed by atoms with Gasteiger partial charge in [-0.2, -0.15) is 0 Å². The van der Waals surface area contributed by atoms with Crippen molar-refractivity contribution in [1.29, 1.82) is 0 Å². The van der Waals surface area contributed by atoms with Crippen LogP contribution in [0.25, 0.3) is 0 Å². The Bertz CT molecular complexity index is 715. The van der Waals surface area contributed by atoms with Crippen molar-refractivity contribution < 1.29 is 0 Å². The van der Waals surface area contributed by atoms with Crippen molar-refractivity contribution in [2.75, 3.05) is 11.4 Å². The second kappa shape index (κ2) is 9.71. The first-order chi connectivity index (χ1) is 12.9. The molecule has 0 aliphatic rings. The van der Waals surface area contributed by atoms with E-state index in [2.05, 4.69) is 58.2 Å². The fourth-order valence-electron chi connectivity index (χ4n) is 3.10. The van der Waals surface area contributed by atoms with Crippen molar-refractivity contribution in [3.05, 3.63) is 84.3 Å². The molecule has 0 fully saturated rings.